The molecule has 0 N–H and O–H groups in total. The van der Waals surface area contributed by atoms with Crippen LogP contribution >= 0.6 is 0 Å². The van der Waals surface area contributed by atoms with Crippen LogP contribution in [0.5, 0.6) is 0 Å². The number of rotatable bonds is 6. The van der Waals surface area contributed by atoms with Crippen molar-refractivity contribution in [1.29, 1.82) is 0 Å². The smallest absolute Gasteiger partial charge is 0.262 e. The van der Waals surface area contributed by atoms with E-state index < -0.39 is 8.32 Å². The van der Waals surface area contributed by atoms with Gasteiger partial charge < -0.3 is 4.43 Å². The van der Waals surface area contributed by atoms with Gasteiger partial charge in [-0.1, -0.05) is 93.4 Å². The monoisotopic (exact) mass is 334 g/mol. The summed E-state index contributed by atoms with van der Waals surface area (Å²) in [6.45, 7) is 10.6. The number of terminal acetylenes is 1. The molecule has 2 rings (SSSR count). The summed E-state index contributed by atoms with van der Waals surface area (Å²) in [7, 11) is -2.56. The summed E-state index contributed by atoms with van der Waals surface area (Å²) in [6, 6.07) is 21.1. The molecule has 1 atom stereocenters. The predicted octanol–water partition coefficient (Wildman–Crippen LogP) is 4.14. The fraction of sp³-hybridized carbons (Fsp3) is 0.273. The van der Waals surface area contributed by atoms with E-state index in [1.807, 2.05) is 18.2 Å². The highest BCUT2D eigenvalue weighted by atomic mass is 28.4. The Labute approximate surface area is 147 Å². The van der Waals surface area contributed by atoms with Crippen LogP contribution in [0.3, 0.4) is 0 Å². The topological polar surface area (TPSA) is 9.23 Å². The first-order valence-corrected chi connectivity index (χ1v) is 10.2. The van der Waals surface area contributed by atoms with Crippen LogP contribution in [0.25, 0.3) is 0 Å². The van der Waals surface area contributed by atoms with Crippen molar-refractivity contribution >= 4 is 18.7 Å². The molecule has 0 unspecified atom stereocenters. The Morgan fingerprint density at radius 2 is 1.50 bits per heavy atom. The molecule has 0 aromatic heterocycles. The van der Waals surface area contributed by atoms with Crippen molar-refractivity contribution in [2.75, 3.05) is 0 Å². The lowest BCUT2D eigenvalue weighted by Gasteiger charge is -2.44. The molecule has 0 fully saturated rings. The zero-order valence-electron chi connectivity index (χ0n) is 14.8. The van der Waals surface area contributed by atoms with E-state index in [4.69, 9.17) is 10.8 Å². The maximum Gasteiger partial charge on any atom is 0.262 e. The van der Waals surface area contributed by atoms with E-state index in [1.54, 1.807) is 0 Å². The molecule has 2 aromatic carbocycles. The first kappa shape index (κ1) is 18.3. The second kappa shape index (κ2) is 7.66. The molecular weight excluding hydrogens is 308 g/mol. The Morgan fingerprint density at radius 3 is 1.83 bits per heavy atom. The summed E-state index contributed by atoms with van der Waals surface area (Å²) in [4.78, 5) is 0. The van der Waals surface area contributed by atoms with Gasteiger partial charge in [0.05, 0.1) is 0 Å². The highest BCUT2D eigenvalue weighted by molar-refractivity contribution is 6.99. The van der Waals surface area contributed by atoms with Gasteiger partial charge in [0.2, 0.25) is 0 Å². The van der Waals surface area contributed by atoms with E-state index in [0.717, 1.165) is 0 Å². The largest absolute Gasteiger partial charge is 0.394 e. The quantitative estimate of drug-likeness (QED) is 0.438. The van der Waals surface area contributed by atoms with Gasteiger partial charge in [0.25, 0.3) is 8.32 Å². The van der Waals surface area contributed by atoms with E-state index in [1.165, 1.54) is 10.4 Å². The lowest BCUT2D eigenvalue weighted by Crippen LogP contribution is -2.67. The third-order valence-corrected chi connectivity index (χ3v) is 9.35. The Balaban J connectivity index is 2.70. The van der Waals surface area contributed by atoms with Gasteiger partial charge in [0.1, 0.15) is 6.10 Å². The van der Waals surface area contributed by atoms with Gasteiger partial charge in [-0.2, -0.15) is 0 Å². The van der Waals surface area contributed by atoms with Crippen LogP contribution in [0.4, 0.5) is 0 Å². The van der Waals surface area contributed by atoms with Crippen LogP contribution in [0, 0.1) is 12.3 Å². The lowest BCUT2D eigenvalue weighted by molar-refractivity contribution is 0.245. The molecule has 0 heterocycles. The van der Waals surface area contributed by atoms with Crippen molar-refractivity contribution in [3.05, 3.63) is 73.3 Å². The van der Waals surface area contributed by atoms with E-state index >= 15 is 0 Å². The Hall–Kier alpha value is -2.08. The summed E-state index contributed by atoms with van der Waals surface area (Å²) >= 11 is 0. The standard InChI is InChI=1S/C22H26OSi/c1-6-14-19(7-2)23-24(22(3,4)5,20-15-10-8-11-16-20)21-17-12-9-13-18-21/h2,6,8-13,15-19H,1,14H2,3-5H3/t19-/m0/s1. The fourth-order valence-electron chi connectivity index (χ4n) is 3.21. The maximum atomic E-state index is 6.80. The number of hydrogen-bond donors (Lipinski definition) is 0. The highest BCUT2D eigenvalue weighted by Crippen LogP contribution is 2.37. The third kappa shape index (κ3) is 3.53. The predicted molar refractivity (Wildman–Crippen MR) is 106 cm³/mol. The molecular formula is C22H26OSi. The van der Waals surface area contributed by atoms with Gasteiger partial charge in [-0.3, -0.25) is 0 Å². The lowest BCUT2D eigenvalue weighted by atomic mass is 10.2. The summed E-state index contributed by atoms with van der Waals surface area (Å²) in [5, 5.41) is 2.42. The highest BCUT2D eigenvalue weighted by Gasteiger charge is 2.51. The molecule has 0 radical (unpaired) electrons. The molecule has 0 aliphatic rings. The Morgan fingerprint density at radius 1 is 1.04 bits per heavy atom. The summed E-state index contributed by atoms with van der Waals surface area (Å²) in [6.07, 6.45) is 7.98. The maximum absolute atomic E-state index is 6.80. The van der Waals surface area contributed by atoms with Gasteiger partial charge in [-0.25, -0.2) is 0 Å². The molecule has 0 aliphatic heterocycles. The second-order valence-electron chi connectivity index (χ2n) is 6.96. The van der Waals surface area contributed by atoms with Crippen molar-refractivity contribution in [1.82, 2.24) is 0 Å². The first-order valence-electron chi connectivity index (χ1n) is 8.31. The number of hydrogen-bond acceptors (Lipinski definition) is 1. The van der Waals surface area contributed by atoms with Crippen LogP contribution in [0.1, 0.15) is 27.2 Å². The van der Waals surface area contributed by atoms with E-state index in [2.05, 4.69) is 81.8 Å². The van der Waals surface area contributed by atoms with Gasteiger partial charge in [-0.15, -0.1) is 13.0 Å². The minimum Gasteiger partial charge on any atom is -0.394 e. The molecule has 0 amide bonds. The Bertz CT molecular complexity index is 653. The average Bonchev–Trinajstić information content (AvgIpc) is 2.59. The molecule has 124 valence electrons. The molecule has 0 aliphatic carbocycles. The average molecular weight is 335 g/mol. The summed E-state index contributed by atoms with van der Waals surface area (Å²) < 4.78 is 6.80. The fourth-order valence-corrected chi connectivity index (χ4v) is 7.81. The van der Waals surface area contributed by atoms with Gasteiger partial charge in [-0.05, 0) is 15.4 Å². The normalized spacial score (nSPS) is 13.1. The SMILES string of the molecule is C#C[C@@H](CC=C)O[Si](c1ccccc1)(c1ccccc1)C(C)(C)C. The zero-order chi connectivity index (χ0) is 17.6. The van der Waals surface area contributed by atoms with Crippen LogP contribution in [-0.2, 0) is 4.43 Å². The second-order valence-corrected chi connectivity index (χ2v) is 11.2. The van der Waals surface area contributed by atoms with Crippen LogP contribution in [0.15, 0.2) is 73.3 Å². The molecule has 0 spiro atoms. The summed E-state index contributed by atoms with van der Waals surface area (Å²) in [5.74, 6) is 2.81. The van der Waals surface area contributed by atoms with Gasteiger partial charge in [0, 0.05) is 6.42 Å². The van der Waals surface area contributed by atoms with Gasteiger partial charge in [0.15, 0.2) is 0 Å². The number of benzene rings is 2. The first-order chi connectivity index (χ1) is 11.5. The van der Waals surface area contributed by atoms with Crippen molar-refractivity contribution < 1.29 is 4.43 Å². The van der Waals surface area contributed by atoms with Gasteiger partial charge >= 0.3 is 0 Å². The van der Waals surface area contributed by atoms with Crippen molar-refractivity contribution in [3.8, 4) is 12.3 Å². The van der Waals surface area contributed by atoms with Crippen molar-refractivity contribution in [2.24, 2.45) is 0 Å². The van der Waals surface area contributed by atoms with E-state index in [9.17, 15) is 0 Å². The van der Waals surface area contributed by atoms with E-state index in [0.29, 0.717) is 6.42 Å². The van der Waals surface area contributed by atoms with Crippen LogP contribution < -0.4 is 10.4 Å². The molecule has 0 saturated heterocycles. The molecule has 1 nitrogen and oxygen atoms in total. The van der Waals surface area contributed by atoms with Crippen LogP contribution in [-0.4, -0.2) is 14.4 Å². The molecule has 0 bridgehead atoms. The van der Waals surface area contributed by atoms with Crippen molar-refractivity contribution in [2.45, 2.75) is 38.3 Å². The Kier molecular flexibility index (Phi) is 5.83. The molecule has 0 saturated carbocycles. The van der Waals surface area contributed by atoms with Crippen LogP contribution in [0.2, 0.25) is 5.04 Å². The molecule has 24 heavy (non-hydrogen) atoms. The minimum atomic E-state index is -2.56. The summed E-state index contributed by atoms with van der Waals surface area (Å²) in [5.41, 5.74) is 0. The third-order valence-electron chi connectivity index (χ3n) is 4.30. The molecule has 2 aromatic rings. The minimum absolute atomic E-state index is 0.0635. The van der Waals surface area contributed by atoms with Crippen molar-refractivity contribution in [3.63, 3.8) is 0 Å². The van der Waals surface area contributed by atoms with E-state index in [-0.39, 0.29) is 11.1 Å². The zero-order valence-corrected chi connectivity index (χ0v) is 15.8. The molecule has 2 heteroatoms.